The highest BCUT2D eigenvalue weighted by atomic mass is 16.5. The Labute approximate surface area is 132 Å². The highest BCUT2D eigenvalue weighted by molar-refractivity contribution is 5.26. The predicted octanol–water partition coefficient (Wildman–Crippen LogP) is 3.73. The summed E-state index contributed by atoms with van der Waals surface area (Å²) in [6.45, 7) is 3.29. The fraction of sp³-hybridized carbons (Fsp3) is 0.368. The van der Waals surface area contributed by atoms with Crippen molar-refractivity contribution in [3.05, 3.63) is 65.7 Å². The van der Waals surface area contributed by atoms with E-state index in [9.17, 15) is 0 Å². The van der Waals surface area contributed by atoms with Gasteiger partial charge in [0.1, 0.15) is 12.4 Å². The number of rotatable bonds is 9. The summed E-state index contributed by atoms with van der Waals surface area (Å²) in [7, 11) is 0. The summed E-state index contributed by atoms with van der Waals surface area (Å²) in [6, 6.07) is 18.1. The quantitative estimate of drug-likeness (QED) is 0.767. The van der Waals surface area contributed by atoms with Crippen LogP contribution >= 0.6 is 0 Å². The highest BCUT2D eigenvalue weighted by Gasteiger charge is 2.10. The SMILES string of the molecule is Cc1ccc(OCC(CCCO)OCc2ccccc2)cc1. The number of aliphatic hydroxyl groups is 1. The molecule has 0 saturated carbocycles. The Hall–Kier alpha value is -1.84. The zero-order chi connectivity index (χ0) is 15.6. The Bertz CT molecular complexity index is 522. The van der Waals surface area contributed by atoms with Crippen LogP contribution in [-0.2, 0) is 11.3 Å². The molecule has 0 spiro atoms. The monoisotopic (exact) mass is 300 g/mol. The second kappa shape index (κ2) is 9.23. The lowest BCUT2D eigenvalue weighted by Crippen LogP contribution is -2.22. The summed E-state index contributed by atoms with van der Waals surface area (Å²) in [5, 5.41) is 9.02. The molecule has 0 fully saturated rings. The second-order valence-corrected chi connectivity index (χ2v) is 5.41. The molecule has 2 aromatic carbocycles. The minimum absolute atomic E-state index is 0.0198. The van der Waals surface area contributed by atoms with E-state index in [2.05, 4.69) is 6.92 Å². The van der Waals surface area contributed by atoms with Gasteiger partial charge in [-0.3, -0.25) is 0 Å². The topological polar surface area (TPSA) is 38.7 Å². The van der Waals surface area contributed by atoms with E-state index in [4.69, 9.17) is 14.6 Å². The van der Waals surface area contributed by atoms with Crippen molar-refractivity contribution in [1.29, 1.82) is 0 Å². The van der Waals surface area contributed by atoms with E-state index in [1.165, 1.54) is 5.56 Å². The van der Waals surface area contributed by atoms with Gasteiger partial charge in [0.2, 0.25) is 0 Å². The average molecular weight is 300 g/mol. The Morgan fingerprint density at radius 2 is 1.73 bits per heavy atom. The van der Waals surface area contributed by atoms with Gasteiger partial charge >= 0.3 is 0 Å². The normalized spacial score (nSPS) is 12.1. The molecule has 0 saturated heterocycles. The molecule has 0 amide bonds. The number of aryl methyl sites for hydroxylation is 1. The summed E-state index contributed by atoms with van der Waals surface area (Å²) < 4.78 is 11.7. The molecule has 0 heterocycles. The third kappa shape index (κ3) is 5.88. The maximum absolute atomic E-state index is 9.02. The zero-order valence-corrected chi connectivity index (χ0v) is 13.1. The van der Waals surface area contributed by atoms with Crippen LogP contribution in [0.3, 0.4) is 0 Å². The van der Waals surface area contributed by atoms with E-state index >= 15 is 0 Å². The molecule has 2 aromatic rings. The van der Waals surface area contributed by atoms with Crippen LogP contribution in [-0.4, -0.2) is 24.4 Å². The van der Waals surface area contributed by atoms with Gasteiger partial charge in [0.05, 0.1) is 12.7 Å². The number of benzene rings is 2. The first-order valence-corrected chi connectivity index (χ1v) is 7.74. The maximum Gasteiger partial charge on any atom is 0.119 e. The molecule has 0 radical (unpaired) electrons. The number of hydrogen-bond donors (Lipinski definition) is 1. The number of hydrogen-bond acceptors (Lipinski definition) is 3. The summed E-state index contributed by atoms with van der Waals surface area (Å²) >= 11 is 0. The molecular weight excluding hydrogens is 276 g/mol. The smallest absolute Gasteiger partial charge is 0.119 e. The van der Waals surface area contributed by atoms with E-state index in [0.29, 0.717) is 13.2 Å². The third-order valence-corrected chi connectivity index (χ3v) is 3.47. The lowest BCUT2D eigenvalue weighted by molar-refractivity contribution is 0.00123. The van der Waals surface area contributed by atoms with Crippen molar-refractivity contribution >= 4 is 0 Å². The van der Waals surface area contributed by atoms with Gasteiger partial charge in [0, 0.05) is 6.61 Å². The third-order valence-electron chi connectivity index (χ3n) is 3.47. The Kier molecular flexibility index (Phi) is 6.94. The standard InChI is InChI=1S/C19H24O3/c1-16-9-11-18(12-10-16)22-15-19(8-5-13-20)21-14-17-6-3-2-4-7-17/h2-4,6-7,9-12,19-20H,5,8,13-15H2,1H3. The molecule has 0 aromatic heterocycles. The van der Waals surface area contributed by atoms with Crippen LogP contribution in [0.25, 0.3) is 0 Å². The Balaban J connectivity index is 1.84. The molecule has 22 heavy (non-hydrogen) atoms. The van der Waals surface area contributed by atoms with E-state index in [0.717, 1.165) is 24.2 Å². The fourth-order valence-electron chi connectivity index (χ4n) is 2.15. The van der Waals surface area contributed by atoms with Crippen LogP contribution in [0.2, 0.25) is 0 Å². The zero-order valence-electron chi connectivity index (χ0n) is 13.1. The largest absolute Gasteiger partial charge is 0.491 e. The molecule has 3 nitrogen and oxygen atoms in total. The summed E-state index contributed by atoms with van der Waals surface area (Å²) in [5.41, 5.74) is 2.36. The molecule has 0 aliphatic carbocycles. The molecular formula is C19H24O3. The van der Waals surface area contributed by atoms with Gasteiger partial charge in [-0.2, -0.15) is 0 Å². The van der Waals surface area contributed by atoms with Crippen molar-refractivity contribution in [3.63, 3.8) is 0 Å². The van der Waals surface area contributed by atoms with Gasteiger partial charge in [0.25, 0.3) is 0 Å². The highest BCUT2D eigenvalue weighted by Crippen LogP contribution is 2.14. The van der Waals surface area contributed by atoms with E-state index in [1.807, 2.05) is 54.6 Å². The molecule has 1 N–H and O–H groups in total. The minimum Gasteiger partial charge on any atom is -0.491 e. The summed E-state index contributed by atoms with van der Waals surface area (Å²) in [6.07, 6.45) is 1.49. The van der Waals surface area contributed by atoms with Gasteiger partial charge < -0.3 is 14.6 Å². The Morgan fingerprint density at radius 1 is 1.00 bits per heavy atom. The molecule has 3 heteroatoms. The van der Waals surface area contributed by atoms with Crippen LogP contribution in [0, 0.1) is 6.92 Å². The van der Waals surface area contributed by atoms with E-state index in [1.54, 1.807) is 0 Å². The average Bonchev–Trinajstić information content (AvgIpc) is 2.56. The summed E-state index contributed by atoms with van der Waals surface area (Å²) in [5.74, 6) is 0.850. The van der Waals surface area contributed by atoms with Crippen molar-refractivity contribution in [1.82, 2.24) is 0 Å². The van der Waals surface area contributed by atoms with Gasteiger partial charge in [-0.05, 0) is 37.5 Å². The summed E-state index contributed by atoms with van der Waals surface area (Å²) in [4.78, 5) is 0. The van der Waals surface area contributed by atoms with Crippen molar-refractivity contribution in [2.45, 2.75) is 32.5 Å². The first-order valence-electron chi connectivity index (χ1n) is 7.74. The van der Waals surface area contributed by atoms with Crippen molar-refractivity contribution in [3.8, 4) is 5.75 Å². The lowest BCUT2D eigenvalue weighted by atomic mass is 10.2. The predicted molar refractivity (Wildman–Crippen MR) is 88.0 cm³/mol. The maximum atomic E-state index is 9.02. The van der Waals surface area contributed by atoms with Crippen molar-refractivity contribution in [2.75, 3.05) is 13.2 Å². The van der Waals surface area contributed by atoms with Crippen LogP contribution in [0.1, 0.15) is 24.0 Å². The molecule has 118 valence electrons. The molecule has 0 aliphatic rings. The Morgan fingerprint density at radius 3 is 2.41 bits per heavy atom. The molecule has 1 unspecified atom stereocenters. The van der Waals surface area contributed by atoms with Gasteiger partial charge in [0.15, 0.2) is 0 Å². The van der Waals surface area contributed by atoms with E-state index in [-0.39, 0.29) is 12.7 Å². The van der Waals surface area contributed by atoms with Crippen LogP contribution in [0.5, 0.6) is 5.75 Å². The molecule has 0 bridgehead atoms. The van der Waals surface area contributed by atoms with Crippen LogP contribution in [0.15, 0.2) is 54.6 Å². The van der Waals surface area contributed by atoms with Gasteiger partial charge in [-0.15, -0.1) is 0 Å². The molecule has 0 aliphatic heterocycles. The van der Waals surface area contributed by atoms with Crippen molar-refractivity contribution in [2.24, 2.45) is 0 Å². The van der Waals surface area contributed by atoms with E-state index < -0.39 is 0 Å². The second-order valence-electron chi connectivity index (χ2n) is 5.41. The van der Waals surface area contributed by atoms with Gasteiger partial charge in [-0.25, -0.2) is 0 Å². The van der Waals surface area contributed by atoms with Crippen LogP contribution in [0.4, 0.5) is 0 Å². The van der Waals surface area contributed by atoms with Crippen LogP contribution < -0.4 is 4.74 Å². The first kappa shape index (κ1) is 16.5. The number of aliphatic hydroxyl groups excluding tert-OH is 1. The molecule has 2 rings (SSSR count). The van der Waals surface area contributed by atoms with Crippen molar-refractivity contribution < 1.29 is 14.6 Å². The fourth-order valence-corrected chi connectivity index (χ4v) is 2.15. The minimum atomic E-state index is -0.0198. The first-order chi connectivity index (χ1) is 10.8. The van der Waals surface area contributed by atoms with Gasteiger partial charge in [-0.1, -0.05) is 48.0 Å². The molecule has 1 atom stereocenters. The number of ether oxygens (including phenoxy) is 2. The lowest BCUT2D eigenvalue weighted by Gasteiger charge is -2.18.